The van der Waals surface area contributed by atoms with E-state index in [1.165, 1.54) is 48.5 Å². The van der Waals surface area contributed by atoms with Crippen molar-refractivity contribution < 1.29 is 19.7 Å². The van der Waals surface area contributed by atoms with Crippen LogP contribution in [0.5, 0.6) is 0 Å². The average molecular weight is 706 g/mol. The molecule has 0 saturated carbocycles. The van der Waals surface area contributed by atoms with E-state index in [0.717, 1.165) is 27.6 Å². The Labute approximate surface area is 271 Å². The van der Waals surface area contributed by atoms with E-state index >= 15 is 0 Å². The van der Waals surface area contributed by atoms with E-state index in [4.69, 9.17) is 11.8 Å². The van der Waals surface area contributed by atoms with Gasteiger partial charge in [0.1, 0.15) is 0 Å². The SMILES string of the molecule is C.O=[N+]([O-])c1ccc(CBr)cc1.O=[N+]([O-])c1ccc(CNCc2ccc([N+](=O)[O-])cc2)cc1.O=[N+]([O-])c1ccc(CNCl)cc1. The zero-order chi connectivity index (χ0) is 32.5. The number of halogens is 2. The quantitative estimate of drug-likeness (QED) is 0.0673. The molecule has 4 rings (SSSR count). The number of nitrogens with one attached hydrogen (secondary N) is 2. The minimum atomic E-state index is -0.436. The molecule has 2 N–H and O–H groups in total. The number of rotatable bonds is 11. The van der Waals surface area contributed by atoms with Crippen LogP contribution in [0.1, 0.15) is 29.7 Å². The molecule has 0 bridgehead atoms. The third kappa shape index (κ3) is 14.0. The molecule has 16 heteroatoms. The summed E-state index contributed by atoms with van der Waals surface area (Å²) in [6, 6.07) is 25.3. The number of nitro groups is 4. The largest absolute Gasteiger partial charge is 0.309 e. The minimum absolute atomic E-state index is 0. The van der Waals surface area contributed by atoms with Crippen molar-refractivity contribution in [3.63, 3.8) is 0 Å². The van der Waals surface area contributed by atoms with E-state index in [2.05, 4.69) is 26.1 Å². The highest BCUT2D eigenvalue weighted by Crippen LogP contribution is 2.15. The van der Waals surface area contributed by atoms with Crippen LogP contribution in [-0.2, 0) is 25.0 Å². The first-order chi connectivity index (χ1) is 21.0. The standard InChI is InChI=1S/C14H13N3O4.C7H6BrNO2.C7H7ClN2O2.CH4/c18-16(19)13-5-1-11(2-6-13)9-15-10-12-3-7-14(8-4-12)17(20)21;8-5-6-1-3-7(4-2-6)9(10)11;8-9-5-6-1-3-7(4-2-6)10(11)12;/h1-8,15H,9-10H2;1-4H,5H2;1-4,9H,5H2;1H4. The summed E-state index contributed by atoms with van der Waals surface area (Å²) < 4.78 is 0. The number of benzene rings is 4. The van der Waals surface area contributed by atoms with E-state index in [1.807, 2.05) is 0 Å². The van der Waals surface area contributed by atoms with Crippen LogP contribution in [0, 0.1) is 40.5 Å². The van der Waals surface area contributed by atoms with Gasteiger partial charge in [-0.1, -0.05) is 71.9 Å². The lowest BCUT2D eigenvalue weighted by Gasteiger charge is -2.05. The molecule has 0 aliphatic heterocycles. The van der Waals surface area contributed by atoms with Crippen LogP contribution >= 0.6 is 27.7 Å². The van der Waals surface area contributed by atoms with Crippen LogP contribution in [0.4, 0.5) is 22.7 Å². The van der Waals surface area contributed by atoms with Gasteiger partial charge < -0.3 is 5.32 Å². The molecule has 0 aromatic heterocycles. The molecule has 0 radical (unpaired) electrons. The first kappa shape index (κ1) is 38.2. The summed E-state index contributed by atoms with van der Waals surface area (Å²) in [5, 5.41) is 45.4. The number of hydrogen-bond acceptors (Lipinski definition) is 10. The molecule has 0 aliphatic carbocycles. The van der Waals surface area contributed by atoms with Gasteiger partial charge in [0.2, 0.25) is 0 Å². The Morgan fingerprint density at radius 2 is 0.733 bits per heavy atom. The Bertz CT molecular complexity index is 1470. The van der Waals surface area contributed by atoms with E-state index in [-0.39, 0.29) is 30.2 Å². The lowest BCUT2D eigenvalue weighted by molar-refractivity contribution is -0.385. The zero-order valence-corrected chi connectivity index (χ0v) is 25.2. The van der Waals surface area contributed by atoms with Crippen LogP contribution in [0.2, 0.25) is 0 Å². The van der Waals surface area contributed by atoms with Crippen LogP contribution in [0.3, 0.4) is 0 Å². The number of non-ortho nitro benzene ring substituents is 4. The maximum Gasteiger partial charge on any atom is 0.269 e. The minimum Gasteiger partial charge on any atom is -0.309 e. The Kier molecular flexibility index (Phi) is 17.1. The molecule has 0 fully saturated rings. The normalized spacial score (nSPS) is 9.73. The molecule has 0 saturated heterocycles. The highest BCUT2D eigenvalue weighted by atomic mass is 79.9. The van der Waals surface area contributed by atoms with Crippen molar-refractivity contribution in [3.8, 4) is 0 Å². The van der Waals surface area contributed by atoms with Gasteiger partial charge in [-0.05, 0) is 34.0 Å². The third-order valence-electron chi connectivity index (χ3n) is 5.67. The topological polar surface area (TPSA) is 197 Å². The first-order valence-electron chi connectivity index (χ1n) is 12.6. The molecular formula is C29H30BrClN6O8. The fraction of sp³-hybridized carbons (Fsp3) is 0.172. The molecule has 4 aromatic rings. The molecule has 45 heavy (non-hydrogen) atoms. The monoisotopic (exact) mass is 704 g/mol. The predicted molar refractivity (Wildman–Crippen MR) is 175 cm³/mol. The van der Waals surface area contributed by atoms with Crippen molar-refractivity contribution in [2.24, 2.45) is 0 Å². The summed E-state index contributed by atoms with van der Waals surface area (Å²) in [5.41, 5.74) is 4.17. The summed E-state index contributed by atoms with van der Waals surface area (Å²) in [6.45, 7) is 1.63. The van der Waals surface area contributed by atoms with Gasteiger partial charge in [-0.15, -0.1) is 0 Å². The number of alkyl halides is 1. The van der Waals surface area contributed by atoms with Gasteiger partial charge in [0.25, 0.3) is 22.7 Å². The van der Waals surface area contributed by atoms with Gasteiger partial charge in [-0.2, -0.15) is 0 Å². The molecule has 0 atom stereocenters. The van der Waals surface area contributed by atoms with Crippen LogP contribution < -0.4 is 10.2 Å². The number of nitro benzene ring substituents is 4. The Morgan fingerprint density at radius 1 is 0.489 bits per heavy atom. The van der Waals surface area contributed by atoms with Crippen LogP contribution in [-0.4, -0.2) is 19.7 Å². The second kappa shape index (κ2) is 20.2. The van der Waals surface area contributed by atoms with Gasteiger partial charge in [0.05, 0.1) is 19.7 Å². The fourth-order valence-electron chi connectivity index (χ4n) is 3.34. The zero-order valence-electron chi connectivity index (χ0n) is 22.9. The highest BCUT2D eigenvalue weighted by Gasteiger charge is 2.06. The molecule has 14 nitrogen and oxygen atoms in total. The summed E-state index contributed by atoms with van der Waals surface area (Å²) >= 11 is 8.50. The number of hydrogen-bond donors (Lipinski definition) is 2. The highest BCUT2D eigenvalue weighted by molar-refractivity contribution is 9.08. The lowest BCUT2D eigenvalue weighted by atomic mass is 10.2. The van der Waals surface area contributed by atoms with Crippen molar-refractivity contribution in [1.82, 2.24) is 10.2 Å². The molecule has 4 aromatic carbocycles. The van der Waals surface area contributed by atoms with Crippen molar-refractivity contribution in [2.75, 3.05) is 0 Å². The van der Waals surface area contributed by atoms with Gasteiger partial charge >= 0.3 is 0 Å². The summed E-state index contributed by atoms with van der Waals surface area (Å²) in [4.78, 5) is 42.2. The summed E-state index contributed by atoms with van der Waals surface area (Å²) in [6.07, 6.45) is 0. The van der Waals surface area contributed by atoms with Gasteiger partial charge in [-0.25, -0.2) is 4.84 Å². The van der Waals surface area contributed by atoms with Crippen molar-refractivity contribution in [1.29, 1.82) is 0 Å². The first-order valence-corrected chi connectivity index (χ1v) is 14.1. The molecule has 0 aliphatic rings. The van der Waals surface area contributed by atoms with E-state index in [1.54, 1.807) is 48.5 Å². The second-order valence-electron chi connectivity index (χ2n) is 8.74. The molecular weight excluding hydrogens is 676 g/mol. The lowest BCUT2D eigenvalue weighted by Crippen LogP contribution is -2.12. The molecule has 0 unspecified atom stereocenters. The van der Waals surface area contributed by atoms with Gasteiger partial charge in [-0.3, -0.25) is 40.5 Å². The Balaban J connectivity index is 0.000000361. The van der Waals surface area contributed by atoms with E-state index in [0.29, 0.717) is 19.6 Å². The van der Waals surface area contributed by atoms with E-state index < -0.39 is 19.7 Å². The van der Waals surface area contributed by atoms with Crippen LogP contribution in [0.25, 0.3) is 0 Å². The van der Waals surface area contributed by atoms with Crippen molar-refractivity contribution >= 4 is 50.5 Å². The van der Waals surface area contributed by atoms with Crippen molar-refractivity contribution in [2.45, 2.75) is 32.4 Å². The second-order valence-corrected chi connectivity index (χ2v) is 9.57. The molecule has 0 heterocycles. The Morgan fingerprint density at radius 3 is 0.956 bits per heavy atom. The maximum atomic E-state index is 10.5. The Hall–Kier alpha value is -4.83. The molecule has 238 valence electrons. The summed E-state index contributed by atoms with van der Waals surface area (Å²) in [5.74, 6) is 0. The smallest absolute Gasteiger partial charge is 0.269 e. The van der Waals surface area contributed by atoms with Crippen molar-refractivity contribution in [3.05, 3.63) is 160 Å². The average Bonchev–Trinajstić information content (AvgIpc) is 3.02. The molecule has 0 spiro atoms. The summed E-state index contributed by atoms with van der Waals surface area (Å²) in [7, 11) is 0. The third-order valence-corrected chi connectivity index (χ3v) is 6.45. The van der Waals surface area contributed by atoms with Crippen LogP contribution in [0.15, 0.2) is 97.1 Å². The van der Waals surface area contributed by atoms with Gasteiger partial charge in [0.15, 0.2) is 0 Å². The predicted octanol–water partition coefficient (Wildman–Crippen LogP) is 7.76. The number of nitrogens with zero attached hydrogens (tertiary/aromatic N) is 4. The maximum absolute atomic E-state index is 10.5. The van der Waals surface area contributed by atoms with Gasteiger partial charge in [0, 0.05) is 73.5 Å². The van der Waals surface area contributed by atoms with E-state index in [9.17, 15) is 40.5 Å². The molecule has 0 amide bonds. The fourth-order valence-corrected chi connectivity index (χ4v) is 3.87.